The van der Waals surface area contributed by atoms with E-state index < -0.39 is 0 Å². The molecular weight excluding hydrogens is 258 g/mol. The lowest BCUT2D eigenvalue weighted by molar-refractivity contribution is -0.133. The maximum Gasteiger partial charge on any atom is 0.244 e. The fraction of sp³-hybridized carbons (Fsp3) is 0.857. The molecule has 1 saturated heterocycles. The van der Waals surface area contributed by atoms with E-state index >= 15 is 0 Å². The molecule has 2 heterocycles. The molecule has 0 bridgehead atoms. The molecule has 0 aromatic rings. The number of hydrogen-bond donors (Lipinski definition) is 1. The minimum atomic E-state index is -0.157. The van der Waals surface area contributed by atoms with E-state index in [1.807, 2.05) is 11.8 Å². The van der Waals surface area contributed by atoms with Crippen molar-refractivity contribution in [3.8, 4) is 0 Å². The van der Waals surface area contributed by atoms with Crippen molar-refractivity contribution in [1.82, 2.24) is 10.2 Å². The number of amides is 1. The van der Waals surface area contributed by atoms with Crippen LogP contribution in [0.1, 0.15) is 40.0 Å². The lowest BCUT2D eigenvalue weighted by Gasteiger charge is -2.29. The maximum absolute atomic E-state index is 12.3. The lowest BCUT2D eigenvalue weighted by atomic mass is 10.1. The molecular formula is C14H25N3OS. The number of hydrogen-bond acceptors (Lipinski definition) is 4. The first kappa shape index (κ1) is 14.7. The fourth-order valence-electron chi connectivity index (χ4n) is 2.45. The average Bonchev–Trinajstić information content (AvgIpc) is 2.87. The van der Waals surface area contributed by atoms with Crippen molar-refractivity contribution in [3.63, 3.8) is 0 Å². The van der Waals surface area contributed by atoms with Crippen LogP contribution in [0.2, 0.25) is 0 Å². The van der Waals surface area contributed by atoms with Crippen LogP contribution in [-0.2, 0) is 4.79 Å². The van der Waals surface area contributed by atoms with Crippen LogP contribution >= 0.6 is 11.8 Å². The van der Waals surface area contributed by atoms with Gasteiger partial charge in [-0.1, -0.05) is 25.6 Å². The van der Waals surface area contributed by atoms with Crippen molar-refractivity contribution in [2.45, 2.75) is 51.3 Å². The summed E-state index contributed by atoms with van der Waals surface area (Å²) >= 11 is 1.78. The van der Waals surface area contributed by atoms with Gasteiger partial charge >= 0.3 is 0 Å². The van der Waals surface area contributed by atoms with Crippen LogP contribution in [0.3, 0.4) is 0 Å². The van der Waals surface area contributed by atoms with E-state index in [1.165, 1.54) is 6.42 Å². The number of thioether (sulfide) groups is 1. The van der Waals surface area contributed by atoms with Gasteiger partial charge in [0.1, 0.15) is 6.04 Å². The predicted octanol–water partition coefficient (Wildman–Crippen LogP) is 2.10. The first-order valence-electron chi connectivity index (χ1n) is 7.34. The SMILES string of the molecule is CC(NC1=NCC(C(C)C)S1)C(=O)N1CCCCC1. The molecule has 5 heteroatoms. The third-order valence-electron chi connectivity index (χ3n) is 3.80. The van der Waals surface area contributed by atoms with Crippen LogP contribution in [0, 0.1) is 5.92 Å². The van der Waals surface area contributed by atoms with Crippen molar-refractivity contribution < 1.29 is 4.79 Å². The zero-order valence-corrected chi connectivity index (χ0v) is 13.0. The van der Waals surface area contributed by atoms with Crippen molar-refractivity contribution in [2.75, 3.05) is 19.6 Å². The Kier molecular flexibility index (Phi) is 5.13. The lowest BCUT2D eigenvalue weighted by Crippen LogP contribution is -2.47. The Morgan fingerprint density at radius 2 is 2.00 bits per heavy atom. The van der Waals surface area contributed by atoms with E-state index in [1.54, 1.807) is 11.8 Å². The van der Waals surface area contributed by atoms with E-state index in [-0.39, 0.29) is 11.9 Å². The molecule has 0 aromatic carbocycles. The standard InChI is InChI=1S/C14H25N3OS/c1-10(2)12-9-15-14(19-12)16-11(3)13(18)17-7-5-4-6-8-17/h10-12H,4-9H2,1-3H3,(H,15,16). The number of amidine groups is 1. The first-order valence-corrected chi connectivity index (χ1v) is 8.22. The highest BCUT2D eigenvalue weighted by Crippen LogP contribution is 2.26. The maximum atomic E-state index is 12.3. The van der Waals surface area contributed by atoms with E-state index in [0.29, 0.717) is 11.2 Å². The topological polar surface area (TPSA) is 44.7 Å². The van der Waals surface area contributed by atoms with E-state index in [4.69, 9.17) is 0 Å². The average molecular weight is 283 g/mol. The molecule has 2 aliphatic heterocycles. The third kappa shape index (κ3) is 3.88. The molecule has 2 unspecified atom stereocenters. The van der Waals surface area contributed by atoms with Gasteiger partial charge in [0.2, 0.25) is 5.91 Å². The second-order valence-corrected chi connectivity index (χ2v) is 7.03. The smallest absolute Gasteiger partial charge is 0.244 e. The summed E-state index contributed by atoms with van der Waals surface area (Å²) in [6.07, 6.45) is 3.54. The first-order chi connectivity index (χ1) is 9.08. The van der Waals surface area contributed by atoms with Gasteiger partial charge in [-0.15, -0.1) is 0 Å². The van der Waals surface area contributed by atoms with Gasteiger partial charge < -0.3 is 10.2 Å². The largest absolute Gasteiger partial charge is 0.353 e. The van der Waals surface area contributed by atoms with Gasteiger partial charge in [-0.3, -0.25) is 9.79 Å². The zero-order chi connectivity index (χ0) is 13.8. The molecule has 0 radical (unpaired) electrons. The van der Waals surface area contributed by atoms with Crippen molar-refractivity contribution in [1.29, 1.82) is 0 Å². The molecule has 2 atom stereocenters. The molecule has 0 aliphatic carbocycles. The van der Waals surface area contributed by atoms with Crippen molar-refractivity contribution in [3.05, 3.63) is 0 Å². The Morgan fingerprint density at radius 3 is 2.58 bits per heavy atom. The molecule has 2 aliphatic rings. The Morgan fingerprint density at radius 1 is 1.32 bits per heavy atom. The minimum absolute atomic E-state index is 0.157. The number of carbonyl (C=O) groups is 1. The number of carbonyl (C=O) groups excluding carboxylic acids is 1. The molecule has 0 spiro atoms. The zero-order valence-electron chi connectivity index (χ0n) is 12.2. The second-order valence-electron chi connectivity index (χ2n) is 5.80. The van der Waals surface area contributed by atoms with Crippen LogP contribution in [0.25, 0.3) is 0 Å². The van der Waals surface area contributed by atoms with Crippen molar-refractivity contribution >= 4 is 22.8 Å². The Bertz CT molecular complexity index is 351. The summed E-state index contributed by atoms with van der Waals surface area (Å²) in [5.74, 6) is 0.845. The summed E-state index contributed by atoms with van der Waals surface area (Å²) in [6, 6.07) is -0.157. The molecule has 0 aromatic heterocycles. The monoisotopic (exact) mass is 283 g/mol. The van der Waals surface area contributed by atoms with Gasteiger partial charge in [-0.05, 0) is 32.1 Å². The molecule has 0 saturated carbocycles. The molecule has 2 rings (SSSR count). The van der Waals surface area contributed by atoms with Crippen LogP contribution in [-0.4, -0.2) is 46.9 Å². The fourth-order valence-corrected chi connectivity index (χ4v) is 3.55. The summed E-state index contributed by atoms with van der Waals surface area (Å²) in [7, 11) is 0. The Labute approximate surface area is 120 Å². The Balaban J connectivity index is 1.80. The Hall–Kier alpha value is -0.710. The van der Waals surface area contributed by atoms with Crippen LogP contribution < -0.4 is 5.32 Å². The highest BCUT2D eigenvalue weighted by Gasteiger charge is 2.27. The van der Waals surface area contributed by atoms with Crippen LogP contribution in [0.15, 0.2) is 4.99 Å². The van der Waals surface area contributed by atoms with Gasteiger partial charge in [0, 0.05) is 18.3 Å². The molecule has 1 fully saturated rings. The highest BCUT2D eigenvalue weighted by atomic mass is 32.2. The summed E-state index contributed by atoms with van der Waals surface area (Å²) in [6.45, 7) is 9.09. The van der Waals surface area contributed by atoms with Gasteiger partial charge in [0.15, 0.2) is 5.17 Å². The normalized spacial score (nSPS) is 25.4. The molecule has 1 N–H and O–H groups in total. The predicted molar refractivity (Wildman–Crippen MR) is 81.5 cm³/mol. The number of nitrogens with zero attached hydrogens (tertiary/aromatic N) is 2. The molecule has 108 valence electrons. The van der Waals surface area contributed by atoms with Gasteiger partial charge in [0.25, 0.3) is 0 Å². The summed E-state index contributed by atoms with van der Waals surface area (Å²) in [4.78, 5) is 18.8. The number of rotatable bonds is 3. The quantitative estimate of drug-likeness (QED) is 0.863. The molecule has 19 heavy (non-hydrogen) atoms. The number of likely N-dealkylation sites (tertiary alicyclic amines) is 1. The van der Waals surface area contributed by atoms with Crippen molar-refractivity contribution in [2.24, 2.45) is 10.9 Å². The highest BCUT2D eigenvalue weighted by molar-refractivity contribution is 8.14. The molecule has 1 amide bonds. The summed E-state index contributed by atoms with van der Waals surface area (Å²) in [5, 5.41) is 4.78. The molecule has 4 nitrogen and oxygen atoms in total. The van der Waals surface area contributed by atoms with E-state index in [9.17, 15) is 4.79 Å². The third-order valence-corrected chi connectivity index (χ3v) is 5.27. The van der Waals surface area contributed by atoms with E-state index in [0.717, 1.165) is 37.6 Å². The van der Waals surface area contributed by atoms with E-state index in [2.05, 4.69) is 24.2 Å². The number of aliphatic imine (C=N–C) groups is 1. The number of piperidine rings is 1. The summed E-state index contributed by atoms with van der Waals surface area (Å²) < 4.78 is 0. The van der Waals surface area contributed by atoms with Gasteiger partial charge in [-0.25, -0.2) is 0 Å². The summed E-state index contributed by atoms with van der Waals surface area (Å²) in [5.41, 5.74) is 0. The van der Waals surface area contributed by atoms with Crippen LogP contribution in [0.5, 0.6) is 0 Å². The minimum Gasteiger partial charge on any atom is -0.353 e. The van der Waals surface area contributed by atoms with Gasteiger partial charge in [-0.2, -0.15) is 0 Å². The second kappa shape index (κ2) is 6.64. The van der Waals surface area contributed by atoms with Crippen LogP contribution in [0.4, 0.5) is 0 Å². The number of nitrogens with one attached hydrogen (secondary N) is 1. The van der Waals surface area contributed by atoms with Gasteiger partial charge in [0.05, 0.1) is 6.54 Å².